The van der Waals surface area contributed by atoms with Crippen molar-refractivity contribution < 1.29 is 8.78 Å². The molecule has 1 aromatic heterocycles. The van der Waals surface area contributed by atoms with Crippen molar-refractivity contribution in [3.8, 4) is 0 Å². The standard InChI is InChI=1S/C8H11F2N3/c1-13-6-4-11-3-2-5(6)7(12-13)8(9)10/h8,11H,2-4H2,1H3. The van der Waals surface area contributed by atoms with Crippen molar-refractivity contribution in [2.24, 2.45) is 7.05 Å². The van der Waals surface area contributed by atoms with Crippen molar-refractivity contribution in [2.75, 3.05) is 6.54 Å². The minimum absolute atomic E-state index is 0.0426. The number of hydrogen-bond donors (Lipinski definition) is 1. The summed E-state index contributed by atoms with van der Waals surface area (Å²) in [6.07, 6.45) is -1.80. The van der Waals surface area contributed by atoms with Gasteiger partial charge in [0, 0.05) is 19.2 Å². The first-order chi connectivity index (χ1) is 6.20. The molecule has 1 N–H and O–H groups in total. The predicted octanol–water partition coefficient (Wildman–Crippen LogP) is 1.00. The quantitative estimate of drug-likeness (QED) is 0.711. The van der Waals surface area contributed by atoms with Crippen LogP contribution in [0.3, 0.4) is 0 Å². The molecule has 1 aliphatic heterocycles. The van der Waals surface area contributed by atoms with Crippen LogP contribution in [0.2, 0.25) is 0 Å². The molecular weight excluding hydrogens is 176 g/mol. The van der Waals surface area contributed by atoms with E-state index in [2.05, 4.69) is 10.4 Å². The van der Waals surface area contributed by atoms with Crippen LogP contribution in [0.15, 0.2) is 0 Å². The molecule has 0 saturated carbocycles. The third-order valence-corrected chi connectivity index (χ3v) is 2.36. The third kappa shape index (κ3) is 1.33. The zero-order chi connectivity index (χ0) is 9.42. The van der Waals surface area contributed by atoms with E-state index in [4.69, 9.17) is 0 Å². The average Bonchev–Trinajstić information content (AvgIpc) is 2.45. The van der Waals surface area contributed by atoms with Gasteiger partial charge in [0.1, 0.15) is 5.69 Å². The van der Waals surface area contributed by atoms with Gasteiger partial charge in [-0.1, -0.05) is 0 Å². The molecule has 2 rings (SSSR count). The summed E-state index contributed by atoms with van der Waals surface area (Å²) in [5, 5.41) is 6.95. The Balaban J connectivity index is 2.47. The van der Waals surface area contributed by atoms with E-state index in [0.717, 1.165) is 17.8 Å². The highest BCUT2D eigenvalue weighted by Gasteiger charge is 2.23. The topological polar surface area (TPSA) is 29.9 Å². The van der Waals surface area contributed by atoms with Crippen LogP contribution < -0.4 is 5.32 Å². The minimum atomic E-state index is -2.45. The van der Waals surface area contributed by atoms with E-state index in [1.54, 1.807) is 11.7 Å². The molecule has 5 heteroatoms. The van der Waals surface area contributed by atoms with Crippen LogP contribution in [0.1, 0.15) is 23.4 Å². The van der Waals surface area contributed by atoms with Crippen LogP contribution >= 0.6 is 0 Å². The van der Waals surface area contributed by atoms with E-state index in [-0.39, 0.29) is 5.69 Å². The van der Waals surface area contributed by atoms with Gasteiger partial charge >= 0.3 is 0 Å². The summed E-state index contributed by atoms with van der Waals surface area (Å²) in [6, 6.07) is 0. The van der Waals surface area contributed by atoms with Crippen molar-refractivity contribution in [1.29, 1.82) is 0 Å². The number of fused-ring (bicyclic) bond motifs is 1. The fraction of sp³-hybridized carbons (Fsp3) is 0.625. The second kappa shape index (κ2) is 3.06. The Hall–Kier alpha value is -0.970. The Morgan fingerprint density at radius 3 is 3.00 bits per heavy atom. The van der Waals surface area contributed by atoms with Gasteiger partial charge < -0.3 is 5.32 Å². The number of nitrogens with one attached hydrogen (secondary N) is 1. The number of aryl methyl sites for hydroxylation is 1. The van der Waals surface area contributed by atoms with Crippen molar-refractivity contribution in [3.05, 3.63) is 17.0 Å². The molecule has 0 amide bonds. The maximum Gasteiger partial charge on any atom is 0.282 e. The number of aromatic nitrogens is 2. The molecule has 0 fully saturated rings. The molecular formula is C8H11F2N3. The number of nitrogens with zero attached hydrogens (tertiary/aromatic N) is 2. The van der Waals surface area contributed by atoms with Crippen LogP contribution in [0.25, 0.3) is 0 Å². The van der Waals surface area contributed by atoms with Crippen LogP contribution in [-0.2, 0) is 20.0 Å². The summed E-state index contributed by atoms with van der Waals surface area (Å²) in [7, 11) is 1.71. The maximum atomic E-state index is 12.5. The maximum absolute atomic E-state index is 12.5. The third-order valence-electron chi connectivity index (χ3n) is 2.36. The zero-order valence-corrected chi connectivity index (χ0v) is 7.35. The smallest absolute Gasteiger partial charge is 0.282 e. The van der Waals surface area contributed by atoms with Gasteiger partial charge in [-0.15, -0.1) is 0 Å². The lowest BCUT2D eigenvalue weighted by Gasteiger charge is -2.13. The van der Waals surface area contributed by atoms with E-state index >= 15 is 0 Å². The van der Waals surface area contributed by atoms with Gasteiger partial charge in [-0.05, 0) is 13.0 Å². The first-order valence-corrected chi connectivity index (χ1v) is 4.23. The second-order valence-corrected chi connectivity index (χ2v) is 3.16. The van der Waals surface area contributed by atoms with Gasteiger partial charge in [0.2, 0.25) is 0 Å². The van der Waals surface area contributed by atoms with E-state index in [1.165, 1.54) is 0 Å². The van der Waals surface area contributed by atoms with Crippen molar-refractivity contribution in [2.45, 2.75) is 19.4 Å². The summed E-state index contributed by atoms with van der Waals surface area (Å²) in [5.41, 5.74) is 1.58. The average molecular weight is 187 g/mol. The summed E-state index contributed by atoms with van der Waals surface area (Å²) >= 11 is 0. The minimum Gasteiger partial charge on any atom is -0.311 e. The summed E-state index contributed by atoms with van der Waals surface area (Å²) in [6.45, 7) is 1.41. The van der Waals surface area contributed by atoms with Crippen LogP contribution in [-0.4, -0.2) is 16.3 Å². The highest BCUT2D eigenvalue weighted by molar-refractivity contribution is 5.29. The SMILES string of the molecule is Cn1nc(C(F)F)c2c1CNCC2. The molecule has 2 heterocycles. The fourth-order valence-corrected chi connectivity index (χ4v) is 1.71. The molecule has 0 atom stereocenters. The lowest BCUT2D eigenvalue weighted by Crippen LogP contribution is -2.25. The van der Waals surface area contributed by atoms with Gasteiger partial charge in [0.05, 0.1) is 5.69 Å². The lowest BCUT2D eigenvalue weighted by molar-refractivity contribution is 0.144. The molecule has 0 saturated heterocycles. The fourth-order valence-electron chi connectivity index (χ4n) is 1.71. The highest BCUT2D eigenvalue weighted by atomic mass is 19.3. The Labute approximate surface area is 74.7 Å². The molecule has 1 aromatic rings. The Bertz CT molecular complexity index is 319. The zero-order valence-electron chi connectivity index (χ0n) is 7.35. The number of rotatable bonds is 1. The molecule has 0 aliphatic carbocycles. The second-order valence-electron chi connectivity index (χ2n) is 3.16. The van der Waals surface area contributed by atoms with Gasteiger partial charge in [-0.25, -0.2) is 8.78 Å². The van der Waals surface area contributed by atoms with E-state index in [0.29, 0.717) is 13.0 Å². The molecule has 0 radical (unpaired) electrons. The van der Waals surface area contributed by atoms with E-state index < -0.39 is 6.43 Å². The molecule has 13 heavy (non-hydrogen) atoms. The monoisotopic (exact) mass is 187 g/mol. The van der Waals surface area contributed by atoms with Crippen molar-refractivity contribution >= 4 is 0 Å². The predicted molar refractivity (Wildman–Crippen MR) is 43.6 cm³/mol. The van der Waals surface area contributed by atoms with Crippen LogP contribution in [0, 0.1) is 0 Å². The largest absolute Gasteiger partial charge is 0.311 e. The number of alkyl halides is 2. The van der Waals surface area contributed by atoms with Gasteiger partial charge in [-0.2, -0.15) is 5.10 Å². The molecule has 72 valence electrons. The highest BCUT2D eigenvalue weighted by Crippen LogP contribution is 2.25. The molecule has 0 bridgehead atoms. The van der Waals surface area contributed by atoms with Gasteiger partial charge in [0.25, 0.3) is 6.43 Å². The number of hydrogen-bond acceptors (Lipinski definition) is 2. The Kier molecular flexibility index (Phi) is 2.03. The molecule has 0 spiro atoms. The van der Waals surface area contributed by atoms with E-state index in [1.807, 2.05) is 0 Å². The molecule has 0 unspecified atom stereocenters. The Morgan fingerprint density at radius 2 is 2.31 bits per heavy atom. The summed E-state index contributed by atoms with van der Waals surface area (Å²) in [4.78, 5) is 0. The lowest BCUT2D eigenvalue weighted by atomic mass is 10.1. The Morgan fingerprint density at radius 1 is 1.54 bits per heavy atom. The molecule has 1 aliphatic rings. The summed E-state index contributed by atoms with van der Waals surface area (Å²) in [5.74, 6) is 0. The summed E-state index contributed by atoms with van der Waals surface area (Å²) < 4.78 is 26.5. The normalized spacial score (nSPS) is 16.3. The van der Waals surface area contributed by atoms with Crippen molar-refractivity contribution in [3.63, 3.8) is 0 Å². The first-order valence-electron chi connectivity index (χ1n) is 4.23. The van der Waals surface area contributed by atoms with Crippen LogP contribution in [0.5, 0.6) is 0 Å². The van der Waals surface area contributed by atoms with Gasteiger partial charge in [-0.3, -0.25) is 4.68 Å². The molecule has 0 aromatic carbocycles. The van der Waals surface area contributed by atoms with Crippen LogP contribution in [0.4, 0.5) is 8.78 Å². The van der Waals surface area contributed by atoms with Gasteiger partial charge in [0.15, 0.2) is 0 Å². The number of halogens is 2. The molecule has 3 nitrogen and oxygen atoms in total. The van der Waals surface area contributed by atoms with E-state index in [9.17, 15) is 8.78 Å². The van der Waals surface area contributed by atoms with Crippen molar-refractivity contribution in [1.82, 2.24) is 15.1 Å². The first kappa shape index (κ1) is 8.62.